The molecule has 0 aliphatic heterocycles. The first-order valence-corrected chi connectivity index (χ1v) is 17.0. The van der Waals surface area contributed by atoms with Crippen molar-refractivity contribution in [3.05, 3.63) is 65.1 Å². The van der Waals surface area contributed by atoms with Gasteiger partial charge in [0.1, 0.15) is 16.5 Å². The van der Waals surface area contributed by atoms with E-state index in [4.69, 9.17) is 20.5 Å². The fourth-order valence-electron chi connectivity index (χ4n) is 4.74. The SMILES string of the molecule is CC(=O)Nc1ccc(OS(=O)NCCC(=O)Nc2ccccc2OCC(=O)NC(C)(C)C(C)(C)c2nnc3c(Cl)c(C(C)(C)C)[nH]n23)cc1. The van der Waals surface area contributed by atoms with Crippen molar-refractivity contribution < 1.29 is 27.5 Å². The number of rotatable bonds is 14. The number of hydrogen-bond acceptors (Lipinski definition) is 8. The number of para-hydroxylation sites is 2. The lowest BCUT2D eigenvalue weighted by molar-refractivity contribution is -0.125. The van der Waals surface area contributed by atoms with Crippen LogP contribution in [0.5, 0.6) is 11.5 Å². The first-order chi connectivity index (χ1) is 22.9. The third-order valence-electron chi connectivity index (χ3n) is 8.06. The normalized spacial score (nSPS) is 12.8. The largest absolute Gasteiger partial charge is 0.482 e. The maximum absolute atomic E-state index is 13.2. The van der Waals surface area contributed by atoms with E-state index < -0.39 is 22.2 Å². The van der Waals surface area contributed by atoms with Gasteiger partial charge in [0.15, 0.2) is 18.1 Å². The van der Waals surface area contributed by atoms with E-state index in [1.807, 2.05) is 48.5 Å². The van der Waals surface area contributed by atoms with E-state index >= 15 is 0 Å². The molecule has 4 aromatic rings. The second-order valence-electron chi connectivity index (χ2n) is 13.5. The topological polar surface area (TPSA) is 181 Å². The number of aromatic amines is 1. The molecule has 1 unspecified atom stereocenters. The number of benzene rings is 2. The van der Waals surface area contributed by atoms with Crippen LogP contribution in [0.25, 0.3) is 5.65 Å². The second kappa shape index (κ2) is 15.0. The van der Waals surface area contributed by atoms with Crippen molar-refractivity contribution in [2.75, 3.05) is 23.8 Å². The van der Waals surface area contributed by atoms with Crippen molar-refractivity contribution in [1.29, 1.82) is 0 Å². The molecule has 2 aromatic heterocycles. The quantitative estimate of drug-likeness (QED) is 0.124. The predicted octanol–water partition coefficient (Wildman–Crippen LogP) is 4.79. The highest BCUT2D eigenvalue weighted by atomic mass is 35.5. The molecule has 0 saturated carbocycles. The highest BCUT2D eigenvalue weighted by Crippen LogP contribution is 2.37. The minimum absolute atomic E-state index is 0.0200. The van der Waals surface area contributed by atoms with Gasteiger partial charge in [-0.05, 0) is 50.2 Å². The molecule has 0 bridgehead atoms. The predicted molar refractivity (Wildman–Crippen MR) is 189 cm³/mol. The number of fused-ring (bicyclic) bond motifs is 1. The number of anilines is 2. The molecule has 5 N–H and O–H groups in total. The Morgan fingerprint density at radius 3 is 2.27 bits per heavy atom. The van der Waals surface area contributed by atoms with E-state index in [1.54, 1.807) is 53.0 Å². The van der Waals surface area contributed by atoms with Gasteiger partial charge in [-0.15, -0.1) is 10.2 Å². The van der Waals surface area contributed by atoms with Crippen molar-refractivity contribution in [3.8, 4) is 11.5 Å². The number of amides is 3. The number of ether oxygens (including phenoxy) is 1. The molecular weight excluding hydrogens is 672 g/mol. The molecule has 0 fully saturated rings. The van der Waals surface area contributed by atoms with E-state index in [0.29, 0.717) is 39.4 Å². The number of halogens is 1. The van der Waals surface area contributed by atoms with E-state index in [9.17, 15) is 18.6 Å². The summed E-state index contributed by atoms with van der Waals surface area (Å²) in [5.41, 5.74) is 0.543. The molecule has 0 aliphatic rings. The van der Waals surface area contributed by atoms with Crippen LogP contribution in [0.15, 0.2) is 48.5 Å². The third kappa shape index (κ3) is 9.16. The molecule has 0 aliphatic carbocycles. The average Bonchev–Trinajstić information content (AvgIpc) is 3.57. The van der Waals surface area contributed by atoms with Crippen molar-refractivity contribution in [3.63, 3.8) is 0 Å². The lowest BCUT2D eigenvalue weighted by atomic mass is 9.73. The molecule has 14 nitrogen and oxygen atoms in total. The van der Waals surface area contributed by atoms with Crippen molar-refractivity contribution in [1.82, 2.24) is 29.9 Å². The van der Waals surface area contributed by atoms with Gasteiger partial charge in [0.05, 0.1) is 11.4 Å². The lowest BCUT2D eigenvalue weighted by Crippen LogP contribution is -2.57. The van der Waals surface area contributed by atoms with Crippen LogP contribution in [-0.4, -0.2) is 60.4 Å². The number of aromatic nitrogens is 4. The molecule has 49 heavy (non-hydrogen) atoms. The zero-order valence-electron chi connectivity index (χ0n) is 28.8. The van der Waals surface area contributed by atoms with Crippen molar-refractivity contribution in [2.45, 2.75) is 78.2 Å². The smallest absolute Gasteiger partial charge is 0.288 e. The van der Waals surface area contributed by atoms with Gasteiger partial charge >= 0.3 is 0 Å². The Bertz CT molecular complexity index is 1850. The Hall–Kier alpha value is -4.47. The lowest BCUT2D eigenvalue weighted by Gasteiger charge is -2.40. The van der Waals surface area contributed by atoms with Gasteiger partial charge in [-0.2, -0.15) is 4.21 Å². The molecule has 264 valence electrons. The Kier molecular flexibility index (Phi) is 11.4. The molecule has 3 amide bonds. The highest BCUT2D eigenvalue weighted by Gasteiger charge is 2.44. The minimum atomic E-state index is -1.90. The minimum Gasteiger partial charge on any atom is -0.482 e. The van der Waals surface area contributed by atoms with Crippen LogP contribution in [0.2, 0.25) is 5.02 Å². The molecule has 4 rings (SSSR count). The highest BCUT2D eigenvalue weighted by molar-refractivity contribution is 7.78. The molecule has 0 saturated heterocycles. The van der Waals surface area contributed by atoms with Crippen LogP contribution in [-0.2, 0) is 36.5 Å². The van der Waals surface area contributed by atoms with Crippen LogP contribution in [0.1, 0.15) is 73.3 Å². The summed E-state index contributed by atoms with van der Waals surface area (Å²) >= 11 is 4.73. The van der Waals surface area contributed by atoms with Gasteiger partial charge in [0, 0.05) is 41.9 Å². The number of H-pyrrole nitrogens is 1. The van der Waals surface area contributed by atoms with Crippen LogP contribution in [0.4, 0.5) is 11.4 Å². The summed E-state index contributed by atoms with van der Waals surface area (Å²) < 4.78 is 27.8. The summed E-state index contributed by atoms with van der Waals surface area (Å²) in [7, 11) is 0. The number of nitrogens with zero attached hydrogens (tertiary/aromatic N) is 3. The summed E-state index contributed by atoms with van der Waals surface area (Å²) in [6.45, 7) is 15.0. The van der Waals surface area contributed by atoms with Crippen LogP contribution in [0.3, 0.4) is 0 Å². The second-order valence-corrected chi connectivity index (χ2v) is 14.8. The summed E-state index contributed by atoms with van der Waals surface area (Å²) in [4.78, 5) is 37.0. The number of carbonyl (C=O) groups is 3. The molecule has 1 atom stereocenters. The summed E-state index contributed by atoms with van der Waals surface area (Å²) in [6, 6.07) is 13.1. The number of hydrogen-bond donors (Lipinski definition) is 5. The van der Waals surface area contributed by atoms with Gasteiger partial charge in [0.25, 0.3) is 17.2 Å². The van der Waals surface area contributed by atoms with Crippen LogP contribution >= 0.6 is 11.6 Å². The van der Waals surface area contributed by atoms with E-state index in [0.717, 1.165) is 5.69 Å². The fraction of sp³-hybridized carbons (Fsp3) is 0.424. The van der Waals surface area contributed by atoms with Gasteiger partial charge in [-0.1, -0.05) is 58.4 Å². The fourth-order valence-corrected chi connectivity index (χ4v) is 5.80. The standard InChI is InChI=1S/C33H43ClN8O6S/c1-20(43)36-21-13-15-22(16-14-21)48-49(46)35-18-17-25(44)37-23-11-9-10-12-24(23)47-19-26(45)38-33(7,8)32(5,6)30-40-39-29-27(34)28(31(2,3)4)41-42(29)30/h9-16,35,41H,17-19H2,1-8H3,(H,36,43)(H,37,44)(H,38,45). The zero-order valence-corrected chi connectivity index (χ0v) is 30.4. The molecule has 2 heterocycles. The summed E-state index contributed by atoms with van der Waals surface area (Å²) in [5, 5.41) is 21.0. The number of carbonyl (C=O) groups excluding carboxylic acids is 3. The first-order valence-electron chi connectivity index (χ1n) is 15.6. The molecule has 16 heteroatoms. The Morgan fingerprint density at radius 2 is 1.61 bits per heavy atom. The van der Waals surface area contributed by atoms with Crippen LogP contribution < -0.4 is 29.6 Å². The molecule has 0 spiro atoms. The van der Waals surface area contributed by atoms with Crippen LogP contribution in [0, 0.1) is 0 Å². The summed E-state index contributed by atoms with van der Waals surface area (Å²) in [6.07, 6.45) is -0.0200. The third-order valence-corrected chi connectivity index (χ3v) is 9.21. The summed E-state index contributed by atoms with van der Waals surface area (Å²) in [5.74, 6) is 0.271. The maximum atomic E-state index is 13.2. The van der Waals surface area contributed by atoms with Gasteiger partial charge < -0.3 is 24.9 Å². The maximum Gasteiger partial charge on any atom is 0.288 e. The number of nitrogens with one attached hydrogen (secondary N) is 5. The Morgan fingerprint density at radius 1 is 0.939 bits per heavy atom. The van der Waals surface area contributed by atoms with E-state index in [1.165, 1.54) is 6.92 Å². The van der Waals surface area contributed by atoms with Gasteiger partial charge in [-0.25, -0.2) is 9.24 Å². The average molecular weight is 715 g/mol. The Balaban J connectivity index is 1.29. The van der Waals surface area contributed by atoms with Crippen molar-refractivity contribution >= 4 is 57.6 Å². The van der Waals surface area contributed by atoms with Gasteiger partial charge in [0.2, 0.25) is 11.8 Å². The molecular formula is C33H43ClN8O6S. The molecule has 2 aromatic carbocycles. The van der Waals surface area contributed by atoms with Gasteiger partial charge in [-0.3, -0.25) is 19.5 Å². The monoisotopic (exact) mass is 714 g/mol. The van der Waals surface area contributed by atoms with E-state index in [2.05, 4.69) is 36.0 Å². The Labute approximate surface area is 292 Å². The first kappa shape index (κ1) is 37.4. The molecule has 0 radical (unpaired) electrons. The zero-order chi connectivity index (χ0) is 36.1. The van der Waals surface area contributed by atoms with E-state index in [-0.39, 0.29) is 42.7 Å². The van der Waals surface area contributed by atoms with Crippen molar-refractivity contribution in [2.24, 2.45) is 0 Å².